The molecule has 0 aromatic heterocycles. The van der Waals surface area contributed by atoms with E-state index in [0.717, 1.165) is 9.50 Å². The molecule has 0 aromatic rings. The van der Waals surface area contributed by atoms with Gasteiger partial charge in [-0.1, -0.05) is 58.2 Å². The van der Waals surface area contributed by atoms with Gasteiger partial charge in [-0.25, -0.2) is 5.11 Å². The zero-order valence-corrected chi connectivity index (χ0v) is 11.8. The molecule has 12 heavy (non-hydrogen) atoms. The van der Waals surface area contributed by atoms with Crippen LogP contribution < -0.4 is 0 Å². The number of alkyl halides is 2. The third-order valence-electron chi connectivity index (χ3n) is 1.59. The minimum absolute atomic E-state index is 0.0551. The highest BCUT2D eigenvalue weighted by atomic mass is 127. The molecule has 0 bridgehead atoms. The summed E-state index contributed by atoms with van der Waals surface area (Å²) in [6, 6.07) is 0. The molecule has 71 valence electrons. The van der Waals surface area contributed by atoms with Crippen molar-refractivity contribution >= 4 is 45.2 Å². The molecular formula is C9H15I2O. The molecule has 3 heteroatoms. The number of rotatable bonds is 5. The van der Waals surface area contributed by atoms with Crippen molar-refractivity contribution in [3.05, 3.63) is 11.6 Å². The molecule has 0 aliphatic rings. The van der Waals surface area contributed by atoms with Crippen LogP contribution in [0.4, 0.5) is 0 Å². The van der Waals surface area contributed by atoms with E-state index in [1.807, 2.05) is 6.92 Å². The summed E-state index contributed by atoms with van der Waals surface area (Å²) in [5.74, 6) is 0.551. The Morgan fingerprint density at radius 3 is 2.58 bits per heavy atom. The van der Waals surface area contributed by atoms with E-state index in [4.69, 9.17) is 0 Å². The first-order valence-electron chi connectivity index (χ1n) is 4.05. The van der Waals surface area contributed by atoms with Crippen LogP contribution in [0.25, 0.3) is 0 Å². The molecule has 1 radical (unpaired) electrons. The van der Waals surface area contributed by atoms with Crippen molar-refractivity contribution in [2.75, 3.05) is 11.0 Å². The zero-order chi connectivity index (χ0) is 9.56. The lowest BCUT2D eigenvalue weighted by atomic mass is 10.0. The van der Waals surface area contributed by atoms with E-state index in [-0.39, 0.29) is 6.61 Å². The van der Waals surface area contributed by atoms with Gasteiger partial charge in [-0.2, -0.15) is 0 Å². The minimum atomic E-state index is -0.0551. The largest absolute Gasteiger partial charge is 0.232 e. The molecule has 2 unspecified atom stereocenters. The van der Waals surface area contributed by atoms with Crippen molar-refractivity contribution in [3.63, 3.8) is 0 Å². The number of halogens is 2. The maximum atomic E-state index is 10.4. The highest BCUT2D eigenvalue weighted by Gasteiger charge is 2.06. The van der Waals surface area contributed by atoms with Gasteiger partial charge in [0, 0.05) is 8.35 Å². The molecule has 0 heterocycles. The Hall–Kier alpha value is 1.16. The highest BCUT2D eigenvalue weighted by Crippen LogP contribution is 2.17. The first-order valence-corrected chi connectivity index (χ1v) is 6.82. The molecule has 1 nitrogen and oxygen atoms in total. The topological polar surface area (TPSA) is 19.9 Å². The average molecular weight is 393 g/mol. The lowest BCUT2D eigenvalue weighted by Crippen LogP contribution is -2.05. The molecular weight excluding hydrogens is 378 g/mol. The van der Waals surface area contributed by atoms with Gasteiger partial charge < -0.3 is 0 Å². The van der Waals surface area contributed by atoms with E-state index in [1.54, 1.807) is 0 Å². The van der Waals surface area contributed by atoms with Crippen LogP contribution in [0.1, 0.15) is 20.3 Å². The molecule has 0 saturated heterocycles. The second-order valence-electron chi connectivity index (χ2n) is 3.12. The molecule has 0 spiro atoms. The lowest BCUT2D eigenvalue weighted by molar-refractivity contribution is 0.222. The SMILES string of the molecule is CC(=CC(C)CC(I)CI)C[O]. The summed E-state index contributed by atoms with van der Waals surface area (Å²) < 4.78 is 1.92. The van der Waals surface area contributed by atoms with Crippen LogP contribution in [0.2, 0.25) is 0 Å². The van der Waals surface area contributed by atoms with E-state index >= 15 is 0 Å². The Morgan fingerprint density at radius 2 is 2.17 bits per heavy atom. The molecule has 0 N–H and O–H groups in total. The number of hydrogen-bond donors (Lipinski definition) is 0. The van der Waals surface area contributed by atoms with Gasteiger partial charge in [0.25, 0.3) is 0 Å². The maximum absolute atomic E-state index is 10.4. The Labute approximate surface area is 102 Å². The third-order valence-corrected chi connectivity index (χ3v) is 5.29. The van der Waals surface area contributed by atoms with E-state index in [1.165, 1.54) is 10.8 Å². The molecule has 2 atom stereocenters. The molecule has 0 aliphatic carbocycles. The van der Waals surface area contributed by atoms with Crippen molar-refractivity contribution in [2.45, 2.75) is 24.2 Å². The summed E-state index contributed by atoms with van der Waals surface area (Å²) >= 11 is 4.86. The lowest BCUT2D eigenvalue weighted by Gasteiger charge is -2.10. The summed E-state index contributed by atoms with van der Waals surface area (Å²) in [5.41, 5.74) is 0.972. The minimum Gasteiger partial charge on any atom is -0.232 e. The van der Waals surface area contributed by atoms with Crippen molar-refractivity contribution in [1.82, 2.24) is 0 Å². The molecule has 0 aliphatic heterocycles. The van der Waals surface area contributed by atoms with Crippen molar-refractivity contribution < 1.29 is 5.11 Å². The first-order chi connectivity index (χ1) is 5.60. The monoisotopic (exact) mass is 393 g/mol. The van der Waals surface area contributed by atoms with E-state index in [0.29, 0.717) is 5.92 Å². The molecule has 0 saturated carbocycles. The summed E-state index contributed by atoms with van der Waals surface area (Å²) in [6.45, 7) is 4.04. The van der Waals surface area contributed by atoms with Gasteiger partial charge in [0.15, 0.2) is 0 Å². The quantitative estimate of drug-likeness (QED) is 0.387. The Balaban J connectivity index is 3.80. The fraction of sp³-hybridized carbons (Fsp3) is 0.778. The highest BCUT2D eigenvalue weighted by molar-refractivity contribution is 14.1. The smallest absolute Gasteiger partial charge is 0.103 e. The van der Waals surface area contributed by atoms with Crippen LogP contribution >= 0.6 is 45.2 Å². The van der Waals surface area contributed by atoms with Gasteiger partial charge >= 0.3 is 0 Å². The van der Waals surface area contributed by atoms with Crippen LogP contribution in [0.5, 0.6) is 0 Å². The second kappa shape index (κ2) is 7.55. The van der Waals surface area contributed by atoms with E-state index in [2.05, 4.69) is 58.2 Å². The Bertz CT molecular complexity index is 145. The van der Waals surface area contributed by atoms with E-state index < -0.39 is 0 Å². The fourth-order valence-corrected chi connectivity index (χ4v) is 2.23. The summed E-state index contributed by atoms with van der Waals surface area (Å²) in [5, 5.41) is 10.4. The third kappa shape index (κ3) is 6.65. The first kappa shape index (κ1) is 13.2. The normalized spacial score (nSPS) is 17.6. The number of hydrogen-bond acceptors (Lipinski definition) is 0. The number of allylic oxidation sites excluding steroid dienone is 1. The predicted molar refractivity (Wildman–Crippen MR) is 69.8 cm³/mol. The van der Waals surface area contributed by atoms with Crippen molar-refractivity contribution in [2.24, 2.45) is 5.92 Å². The van der Waals surface area contributed by atoms with Crippen LogP contribution in [0.15, 0.2) is 11.6 Å². The van der Waals surface area contributed by atoms with Gasteiger partial charge in [-0.3, -0.25) is 0 Å². The Morgan fingerprint density at radius 1 is 1.58 bits per heavy atom. The van der Waals surface area contributed by atoms with Crippen molar-refractivity contribution in [3.8, 4) is 0 Å². The fourth-order valence-electron chi connectivity index (χ4n) is 1.07. The van der Waals surface area contributed by atoms with Crippen LogP contribution in [0.3, 0.4) is 0 Å². The molecule has 0 amide bonds. The summed E-state index contributed by atoms with van der Waals surface area (Å²) in [4.78, 5) is 0. The van der Waals surface area contributed by atoms with Crippen LogP contribution in [0, 0.1) is 5.92 Å². The second-order valence-corrected chi connectivity index (χ2v) is 5.76. The van der Waals surface area contributed by atoms with Crippen LogP contribution in [-0.2, 0) is 5.11 Å². The van der Waals surface area contributed by atoms with Gasteiger partial charge in [0.05, 0.1) is 0 Å². The standard InChI is InChI=1S/C9H15I2O/c1-7(3-8(2)6-12)4-9(11)5-10/h3,7,9H,4-6H2,1-2H3. The van der Waals surface area contributed by atoms with Crippen molar-refractivity contribution in [1.29, 1.82) is 0 Å². The maximum Gasteiger partial charge on any atom is 0.103 e. The molecule has 0 aromatic carbocycles. The molecule has 0 fully saturated rings. The summed E-state index contributed by atoms with van der Waals surface area (Å²) in [7, 11) is 0. The predicted octanol–water partition coefficient (Wildman–Crippen LogP) is 3.63. The van der Waals surface area contributed by atoms with Crippen LogP contribution in [-0.4, -0.2) is 15.0 Å². The zero-order valence-electron chi connectivity index (χ0n) is 7.52. The van der Waals surface area contributed by atoms with Gasteiger partial charge in [0.2, 0.25) is 0 Å². The van der Waals surface area contributed by atoms with Gasteiger partial charge in [0.1, 0.15) is 6.61 Å². The van der Waals surface area contributed by atoms with E-state index in [9.17, 15) is 5.11 Å². The molecule has 0 rings (SSSR count). The van der Waals surface area contributed by atoms with Gasteiger partial charge in [-0.15, -0.1) is 0 Å². The Kier molecular flexibility index (Phi) is 8.28. The summed E-state index contributed by atoms with van der Waals surface area (Å²) in [6.07, 6.45) is 3.28. The van der Waals surface area contributed by atoms with Gasteiger partial charge in [-0.05, 0) is 24.8 Å². The average Bonchev–Trinajstić information content (AvgIpc) is 2.03.